The van der Waals surface area contributed by atoms with Crippen molar-refractivity contribution in [3.8, 4) is 0 Å². The van der Waals surface area contributed by atoms with Gasteiger partial charge in [0.15, 0.2) is 0 Å². The molecule has 0 amide bonds. The zero-order valence-corrected chi connectivity index (χ0v) is 4.17. The van der Waals surface area contributed by atoms with Crippen LogP contribution in [0.15, 0.2) is 12.7 Å². The van der Waals surface area contributed by atoms with Gasteiger partial charge in [0.25, 0.3) is 0 Å². The number of quaternary nitrogens is 1. The van der Waals surface area contributed by atoms with Crippen molar-refractivity contribution in [2.24, 2.45) is 5.73 Å². The summed E-state index contributed by atoms with van der Waals surface area (Å²) in [6.07, 6.45) is 0.883. The molecule has 0 rings (SSSR count). The van der Waals surface area contributed by atoms with Gasteiger partial charge in [0.05, 0.1) is 6.54 Å². The van der Waals surface area contributed by atoms with Gasteiger partial charge >= 0.3 is 0 Å². The van der Waals surface area contributed by atoms with Gasteiger partial charge in [-0.2, -0.15) is 0 Å². The van der Waals surface area contributed by atoms with Crippen molar-refractivity contribution < 1.29 is 10.4 Å². The van der Waals surface area contributed by atoms with Gasteiger partial charge < -0.3 is 10.4 Å². The van der Waals surface area contributed by atoms with Crippen LogP contribution in [0.5, 0.6) is 0 Å². The second kappa shape index (κ2) is 3.80. The smallest absolute Gasteiger partial charge is 0.245 e. The fourth-order valence-electron chi connectivity index (χ4n) is 0.236. The third-order valence-electron chi connectivity index (χ3n) is 0.544. The maximum Gasteiger partial charge on any atom is 0.245 e. The van der Waals surface area contributed by atoms with Gasteiger partial charge in [0, 0.05) is 0 Å². The Kier molecular flexibility index (Phi) is 3.59. The number of aliphatic hydroxyl groups excluding tert-OH is 1. The monoisotopic (exact) mass is 103 g/mol. The van der Waals surface area contributed by atoms with E-state index < -0.39 is 6.35 Å². The average Bonchev–Trinajstić information content (AvgIpc) is 1.61. The van der Waals surface area contributed by atoms with Gasteiger partial charge in [-0.25, -0.2) is 0 Å². The molecule has 1 unspecified atom stereocenters. The molecule has 5 N–H and O–H groups in total. The van der Waals surface area contributed by atoms with Crippen molar-refractivity contribution in [1.82, 2.24) is 0 Å². The molecule has 0 spiro atoms. The van der Waals surface area contributed by atoms with E-state index in [1.807, 2.05) is 0 Å². The van der Waals surface area contributed by atoms with E-state index in [0.717, 1.165) is 0 Å². The molecule has 0 bridgehead atoms. The van der Waals surface area contributed by atoms with Crippen molar-refractivity contribution in [3.63, 3.8) is 0 Å². The first-order valence-corrected chi connectivity index (χ1v) is 2.15. The fraction of sp³-hybridized carbons (Fsp3) is 0.500. The second-order valence-electron chi connectivity index (χ2n) is 1.25. The summed E-state index contributed by atoms with van der Waals surface area (Å²) in [5.74, 6) is 0. The van der Waals surface area contributed by atoms with Gasteiger partial charge in [-0.05, 0) is 6.08 Å². The first-order valence-electron chi connectivity index (χ1n) is 2.15. The molecule has 42 valence electrons. The molecule has 3 heteroatoms. The van der Waals surface area contributed by atoms with Crippen LogP contribution in [-0.2, 0) is 0 Å². The maximum absolute atomic E-state index is 8.36. The maximum atomic E-state index is 8.36. The SMILES string of the molecule is C=CC[NH2+]C(N)O. The fourth-order valence-corrected chi connectivity index (χ4v) is 0.236. The van der Waals surface area contributed by atoms with Gasteiger partial charge in [-0.15, -0.1) is 0 Å². The van der Waals surface area contributed by atoms with Gasteiger partial charge in [-0.1, -0.05) is 6.58 Å². The van der Waals surface area contributed by atoms with E-state index in [9.17, 15) is 0 Å². The van der Waals surface area contributed by atoms with Crippen molar-refractivity contribution in [1.29, 1.82) is 0 Å². The quantitative estimate of drug-likeness (QED) is 0.285. The van der Waals surface area contributed by atoms with E-state index in [4.69, 9.17) is 10.8 Å². The van der Waals surface area contributed by atoms with Crippen LogP contribution in [0, 0.1) is 0 Å². The Balaban J connectivity index is 2.81. The minimum Gasteiger partial charge on any atom is -0.332 e. The van der Waals surface area contributed by atoms with E-state index in [1.165, 1.54) is 0 Å². The number of nitrogens with two attached hydrogens (primary N) is 2. The highest BCUT2D eigenvalue weighted by Crippen LogP contribution is 1.44. The van der Waals surface area contributed by atoms with Crippen LogP contribution in [0.3, 0.4) is 0 Å². The molecule has 0 radical (unpaired) electrons. The molecular formula is C4H11N2O+. The molecule has 0 aliphatic rings. The van der Waals surface area contributed by atoms with E-state index in [-0.39, 0.29) is 0 Å². The molecule has 0 saturated heterocycles. The lowest BCUT2D eigenvalue weighted by Gasteiger charge is -1.97. The first-order chi connectivity index (χ1) is 3.27. The zero-order valence-electron chi connectivity index (χ0n) is 4.17. The number of aliphatic hydroxyl groups is 1. The van der Waals surface area contributed by atoms with Crippen molar-refractivity contribution in [2.75, 3.05) is 6.54 Å². The molecule has 0 fully saturated rings. The Morgan fingerprint density at radius 3 is 2.71 bits per heavy atom. The molecule has 0 heterocycles. The highest BCUT2D eigenvalue weighted by molar-refractivity contribution is 4.60. The minimum absolute atomic E-state index is 0.664. The summed E-state index contributed by atoms with van der Waals surface area (Å²) in [4.78, 5) is 0. The summed E-state index contributed by atoms with van der Waals surface area (Å²) in [5.41, 5.74) is 4.93. The summed E-state index contributed by atoms with van der Waals surface area (Å²) in [6.45, 7) is 4.10. The van der Waals surface area contributed by atoms with Crippen LogP contribution in [0.4, 0.5) is 0 Å². The number of hydrogen-bond donors (Lipinski definition) is 3. The first kappa shape index (κ1) is 6.62. The van der Waals surface area contributed by atoms with Crippen molar-refractivity contribution in [2.45, 2.75) is 6.35 Å². The number of rotatable bonds is 3. The van der Waals surface area contributed by atoms with Gasteiger partial charge in [-0.3, -0.25) is 5.73 Å². The summed E-state index contributed by atoms with van der Waals surface area (Å²) >= 11 is 0. The van der Waals surface area contributed by atoms with Crippen LogP contribution in [0.2, 0.25) is 0 Å². The third-order valence-corrected chi connectivity index (χ3v) is 0.544. The van der Waals surface area contributed by atoms with E-state index in [0.29, 0.717) is 6.54 Å². The molecule has 0 aliphatic carbocycles. The molecular weight excluding hydrogens is 92.1 g/mol. The van der Waals surface area contributed by atoms with Gasteiger partial charge in [0.2, 0.25) is 6.35 Å². The highest BCUT2D eigenvalue weighted by Gasteiger charge is 1.90. The van der Waals surface area contributed by atoms with Gasteiger partial charge in [0.1, 0.15) is 0 Å². The molecule has 0 saturated carbocycles. The average molecular weight is 103 g/mol. The van der Waals surface area contributed by atoms with E-state index in [1.54, 1.807) is 11.4 Å². The molecule has 3 nitrogen and oxygen atoms in total. The Morgan fingerprint density at radius 1 is 2.00 bits per heavy atom. The predicted octanol–water partition coefficient (Wildman–Crippen LogP) is -2.03. The van der Waals surface area contributed by atoms with Crippen LogP contribution in [0.25, 0.3) is 0 Å². The van der Waals surface area contributed by atoms with Crippen LogP contribution in [0.1, 0.15) is 0 Å². The van der Waals surface area contributed by atoms with Crippen molar-refractivity contribution >= 4 is 0 Å². The van der Waals surface area contributed by atoms with E-state index >= 15 is 0 Å². The lowest BCUT2D eigenvalue weighted by molar-refractivity contribution is -0.715. The van der Waals surface area contributed by atoms with Crippen LogP contribution in [-0.4, -0.2) is 18.0 Å². The molecule has 0 aromatic heterocycles. The molecule has 1 atom stereocenters. The molecule has 7 heavy (non-hydrogen) atoms. The molecule has 0 aromatic carbocycles. The normalized spacial score (nSPS) is 13.4. The summed E-state index contributed by atoms with van der Waals surface area (Å²) in [6, 6.07) is 0. The zero-order chi connectivity index (χ0) is 5.70. The standard InChI is InChI=1S/C4H10N2O/c1-2-3-6-4(5)7/h2,4,6-7H,1,3,5H2/p+1. The predicted molar refractivity (Wildman–Crippen MR) is 27.2 cm³/mol. The molecule has 0 aromatic rings. The lowest BCUT2D eigenvalue weighted by Crippen LogP contribution is -2.92. The Hall–Kier alpha value is -0.380. The summed E-state index contributed by atoms with van der Waals surface area (Å²) < 4.78 is 0. The number of hydrogen-bond acceptors (Lipinski definition) is 2. The van der Waals surface area contributed by atoms with E-state index in [2.05, 4.69) is 6.58 Å². The second-order valence-corrected chi connectivity index (χ2v) is 1.25. The van der Waals surface area contributed by atoms with Crippen LogP contribution >= 0.6 is 0 Å². The summed E-state index contributed by atoms with van der Waals surface area (Å²) in [5, 5.41) is 9.92. The minimum atomic E-state index is -0.794. The van der Waals surface area contributed by atoms with Crippen LogP contribution < -0.4 is 11.1 Å². The third kappa shape index (κ3) is 5.62. The Bertz CT molecular complexity index is 53.7. The topological polar surface area (TPSA) is 62.9 Å². The lowest BCUT2D eigenvalue weighted by atomic mass is 10.6. The molecule has 0 aliphatic heterocycles. The Labute approximate surface area is 42.8 Å². The summed E-state index contributed by atoms with van der Waals surface area (Å²) in [7, 11) is 0. The van der Waals surface area contributed by atoms with Crippen molar-refractivity contribution in [3.05, 3.63) is 12.7 Å². The Morgan fingerprint density at radius 2 is 2.57 bits per heavy atom. The highest BCUT2D eigenvalue weighted by atomic mass is 16.3. The largest absolute Gasteiger partial charge is 0.332 e.